The molecule has 1 unspecified atom stereocenters. The number of nitrogens with one attached hydrogen (secondary N) is 1. The van der Waals surface area contributed by atoms with Crippen LogP contribution in [0.15, 0.2) is 46.6 Å². The number of Topliss-reactive ketones (excluding diaryl/α,β-unsaturated/α-hetero) is 1. The van der Waals surface area contributed by atoms with Gasteiger partial charge in [-0.25, -0.2) is 9.78 Å². The summed E-state index contributed by atoms with van der Waals surface area (Å²) in [6, 6.07) is -0.791. The zero-order valence-corrected chi connectivity index (χ0v) is 25.8. The van der Waals surface area contributed by atoms with Crippen LogP contribution in [-0.2, 0) is 30.3 Å². The van der Waals surface area contributed by atoms with E-state index < -0.39 is 30.1 Å². The van der Waals surface area contributed by atoms with E-state index in [2.05, 4.69) is 15.2 Å². The van der Waals surface area contributed by atoms with Crippen molar-refractivity contribution in [1.29, 1.82) is 0 Å². The number of carbonyl (C=O) groups is 4. The average molecular weight is 613 g/mol. The van der Waals surface area contributed by atoms with Gasteiger partial charge in [-0.3, -0.25) is 19.3 Å². The van der Waals surface area contributed by atoms with Crippen molar-refractivity contribution in [2.75, 3.05) is 45.9 Å². The van der Waals surface area contributed by atoms with Gasteiger partial charge in [0.2, 0.25) is 11.8 Å². The molecule has 1 aromatic rings. The van der Waals surface area contributed by atoms with Gasteiger partial charge in [0.05, 0.1) is 25.7 Å². The Labute approximate surface area is 258 Å². The van der Waals surface area contributed by atoms with Crippen LogP contribution in [0, 0.1) is 11.8 Å². The quantitative estimate of drug-likeness (QED) is 0.484. The highest BCUT2D eigenvalue weighted by Gasteiger charge is 2.39. The normalized spacial score (nSPS) is 30.5. The molecule has 4 rings (SSSR count). The Morgan fingerprint density at radius 1 is 1.14 bits per heavy atom. The van der Waals surface area contributed by atoms with Crippen LogP contribution < -0.4 is 5.32 Å². The van der Waals surface area contributed by atoms with Crippen LogP contribution in [0.4, 0.5) is 0 Å². The van der Waals surface area contributed by atoms with Gasteiger partial charge >= 0.3 is 5.97 Å². The molecule has 4 heterocycles. The van der Waals surface area contributed by atoms with Crippen molar-refractivity contribution in [2.45, 2.75) is 64.7 Å². The van der Waals surface area contributed by atoms with E-state index in [0.29, 0.717) is 39.1 Å². The van der Waals surface area contributed by atoms with E-state index in [0.717, 1.165) is 18.7 Å². The minimum atomic E-state index is -1.02. The molecule has 0 spiro atoms. The van der Waals surface area contributed by atoms with Gasteiger partial charge in [0, 0.05) is 51.0 Å². The number of carbonyl (C=O) groups excluding carboxylic acids is 4. The lowest BCUT2D eigenvalue weighted by molar-refractivity contribution is -0.159. The lowest BCUT2D eigenvalue weighted by Gasteiger charge is -2.35. The molecule has 2 saturated heterocycles. The summed E-state index contributed by atoms with van der Waals surface area (Å²) in [7, 11) is 0. The van der Waals surface area contributed by atoms with E-state index >= 15 is 0 Å². The predicted octanol–water partition coefficient (Wildman–Crippen LogP) is 1.85. The van der Waals surface area contributed by atoms with Crippen LogP contribution in [0.25, 0.3) is 0 Å². The smallest absolute Gasteiger partial charge is 0.329 e. The third kappa shape index (κ3) is 9.44. The van der Waals surface area contributed by atoms with Gasteiger partial charge in [-0.1, -0.05) is 43.7 Å². The minimum absolute atomic E-state index is 0.00636. The number of aliphatic hydroxyl groups is 1. The topological polar surface area (TPSA) is 152 Å². The maximum atomic E-state index is 13.6. The van der Waals surface area contributed by atoms with Crippen molar-refractivity contribution < 1.29 is 38.2 Å². The number of oxazole rings is 1. The van der Waals surface area contributed by atoms with E-state index in [-0.39, 0.29) is 54.5 Å². The van der Waals surface area contributed by atoms with Crippen LogP contribution >= 0.6 is 0 Å². The summed E-state index contributed by atoms with van der Waals surface area (Å²) in [5.74, 6) is -1.86. The van der Waals surface area contributed by atoms with Gasteiger partial charge in [-0.15, -0.1) is 0 Å². The molecule has 0 aromatic carbocycles. The van der Waals surface area contributed by atoms with Gasteiger partial charge in [-0.2, -0.15) is 0 Å². The first kappa shape index (κ1) is 33.3. The molecule has 44 heavy (non-hydrogen) atoms. The van der Waals surface area contributed by atoms with E-state index in [1.807, 2.05) is 13.8 Å². The highest BCUT2D eigenvalue weighted by atomic mass is 16.5. The SMILES string of the molecule is CC1=C\[C@@H](O)CC(=O)Cc2nc(co2)C(=O)N2CCC[C@@H]2C(=O)O[C@H](C(C)CN2CCOCC2)[C@H](C)/C=C/C(=O)NC\C=C\1. The molecule has 240 valence electrons. The standard InChI is InChI=1S/C32H44N4O8/c1-21-6-4-10-33-28(39)9-8-22(2)30(23(3)19-35-12-14-42-15-13-35)44-32(41)27-7-5-11-36(27)31(40)26-20-43-29(34-26)18-25(38)17-24(37)16-21/h4,6,8-9,16,20,22-24,27,30,37H,5,7,10-15,17-19H2,1-3H3,(H,33,39)/b6-4+,9-8+,21-16+/t22-,23?,24-,27-,30+/m1/s1. The Morgan fingerprint density at radius 3 is 2.68 bits per heavy atom. The van der Waals surface area contributed by atoms with Gasteiger partial charge < -0.3 is 29.2 Å². The number of esters is 1. The Bertz CT molecular complexity index is 1260. The van der Waals surface area contributed by atoms with Crippen molar-refractivity contribution >= 4 is 23.6 Å². The van der Waals surface area contributed by atoms with Crippen molar-refractivity contribution in [3.8, 4) is 0 Å². The maximum Gasteiger partial charge on any atom is 0.329 e. The number of aliphatic hydroxyl groups excluding tert-OH is 1. The van der Waals surface area contributed by atoms with Crippen LogP contribution in [0.5, 0.6) is 0 Å². The molecule has 12 heteroatoms. The Hall–Kier alpha value is -3.61. The number of allylic oxidation sites excluding steroid dienone is 2. The zero-order valence-electron chi connectivity index (χ0n) is 25.8. The highest BCUT2D eigenvalue weighted by molar-refractivity contribution is 5.95. The summed E-state index contributed by atoms with van der Waals surface area (Å²) >= 11 is 0. The highest BCUT2D eigenvalue weighted by Crippen LogP contribution is 2.26. The number of ether oxygens (including phenoxy) is 2. The summed E-state index contributed by atoms with van der Waals surface area (Å²) in [6.07, 6.45) is 8.62. The molecule has 2 N–H and O–H groups in total. The van der Waals surface area contributed by atoms with Crippen molar-refractivity contribution in [2.24, 2.45) is 11.8 Å². The summed E-state index contributed by atoms with van der Waals surface area (Å²) < 4.78 is 17.0. The van der Waals surface area contributed by atoms with E-state index in [9.17, 15) is 24.3 Å². The van der Waals surface area contributed by atoms with Crippen LogP contribution in [0.3, 0.4) is 0 Å². The number of morpholine rings is 1. The second kappa shape index (κ2) is 15.9. The molecule has 0 saturated carbocycles. The summed E-state index contributed by atoms with van der Waals surface area (Å²) in [5, 5.41) is 13.1. The first-order valence-electron chi connectivity index (χ1n) is 15.4. The average Bonchev–Trinajstić information content (AvgIpc) is 3.66. The molecule has 12 nitrogen and oxygen atoms in total. The third-order valence-electron chi connectivity index (χ3n) is 8.10. The fourth-order valence-corrected chi connectivity index (χ4v) is 5.85. The Kier molecular flexibility index (Phi) is 12.0. The van der Waals surface area contributed by atoms with E-state index in [4.69, 9.17) is 13.9 Å². The molecular formula is C32H44N4O8. The number of nitrogens with zero attached hydrogens (tertiary/aromatic N) is 3. The predicted molar refractivity (Wildman–Crippen MR) is 160 cm³/mol. The summed E-state index contributed by atoms with van der Waals surface area (Å²) in [4.78, 5) is 60.1. The van der Waals surface area contributed by atoms with Gasteiger partial charge in [0.1, 0.15) is 24.2 Å². The summed E-state index contributed by atoms with van der Waals surface area (Å²) in [6.45, 7) is 9.90. The number of hydrogen-bond donors (Lipinski definition) is 2. The largest absolute Gasteiger partial charge is 0.460 e. The fraction of sp³-hybridized carbons (Fsp3) is 0.594. The molecule has 3 aliphatic rings. The Balaban J connectivity index is 1.57. The number of ketones is 1. The molecule has 1 aromatic heterocycles. The third-order valence-corrected chi connectivity index (χ3v) is 8.10. The first-order chi connectivity index (χ1) is 21.1. The molecule has 0 radical (unpaired) electrons. The molecule has 2 fully saturated rings. The van der Waals surface area contributed by atoms with E-state index in [1.165, 1.54) is 17.2 Å². The number of aromatic nitrogens is 1. The fourth-order valence-electron chi connectivity index (χ4n) is 5.85. The number of hydrogen-bond acceptors (Lipinski definition) is 10. The Morgan fingerprint density at radius 2 is 1.91 bits per heavy atom. The molecule has 0 aliphatic carbocycles. The van der Waals surface area contributed by atoms with Crippen LogP contribution in [-0.4, -0.2) is 108 Å². The first-order valence-corrected chi connectivity index (χ1v) is 15.4. The summed E-state index contributed by atoms with van der Waals surface area (Å²) in [5.41, 5.74) is 0.733. The van der Waals surface area contributed by atoms with Gasteiger partial charge in [-0.05, 0) is 25.8 Å². The minimum Gasteiger partial charge on any atom is -0.460 e. The lowest BCUT2D eigenvalue weighted by atomic mass is 9.92. The molecule has 2 bridgehead atoms. The van der Waals surface area contributed by atoms with E-state index in [1.54, 1.807) is 31.2 Å². The molecular weight excluding hydrogens is 568 g/mol. The number of cyclic esters (lactones) is 1. The van der Waals surface area contributed by atoms with Crippen molar-refractivity contribution in [1.82, 2.24) is 20.1 Å². The lowest BCUT2D eigenvalue weighted by Crippen LogP contribution is -2.46. The second-order valence-electron chi connectivity index (χ2n) is 11.8. The number of fused-ring (bicyclic) bond motifs is 3. The van der Waals surface area contributed by atoms with Crippen molar-refractivity contribution in [3.05, 3.63) is 53.8 Å². The zero-order chi connectivity index (χ0) is 31.6. The maximum absolute atomic E-state index is 13.6. The van der Waals surface area contributed by atoms with Crippen molar-refractivity contribution in [3.63, 3.8) is 0 Å². The number of amides is 2. The molecule has 3 aliphatic heterocycles. The molecule has 2 amide bonds. The van der Waals surface area contributed by atoms with Crippen LogP contribution in [0.1, 0.15) is 56.4 Å². The molecule has 5 atom stereocenters. The number of rotatable bonds is 3. The monoisotopic (exact) mass is 612 g/mol. The van der Waals surface area contributed by atoms with Gasteiger partial charge in [0.15, 0.2) is 5.69 Å². The second-order valence-corrected chi connectivity index (χ2v) is 11.8. The van der Waals surface area contributed by atoms with Gasteiger partial charge in [0.25, 0.3) is 5.91 Å². The van der Waals surface area contributed by atoms with Crippen LogP contribution in [0.2, 0.25) is 0 Å².